The molecule has 0 spiro atoms. The lowest BCUT2D eigenvalue weighted by Gasteiger charge is -2.39. The maximum atomic E-state index is 12.7. The first-order valence-electron chi connectivity index (χ1n) is 9.16. The molecule has 2 saturated heterocycles. The molecule has 5 nitrogen and oxygen atoms in total. The molecule has 25 heavy (non-hydrogen) atoms. The molecule has 2 bridgehead atoms. The minimum Gasteiger partial charge on any atom is -0.445 e. The van der Waals surface area contributed by atoms with Crippen LogP contribution in [0.3, 0.4) is 0 Å². The van der Waals surface area contributed by atoms with Crippen LogP contribution in [0.4, 0.5) is 4.79 Å². The van der Waals surface area contributed by atoms with Crippen LogP contribution in [0, 0.1) is 17.8 Å². The van der Waals surface area contributed by atoms with Gasteiger partial charge in [-0.2, -0.15) is 0 Å². The zero-order chi connectivity index (χ0) is 17.4. The van der Waals surface area contributed by atoms with Gasteiger partial charge >= 0.3 is 6.09 Å². The highest BCUT2D eigenvalue weighted by Crippen LogP contribution is 2.44. The largest absolute Gasteiger partial charge is 0.445 e. The third-order valence-corrected chi connectivity index (χ3v) is 5.93. The summed E-state index contributed by atoms with van der Waals surface area (Å²) in [6, 6.07) is 9.05. The number of hydrogen-bond donors (Lipinski definition) is 0. The summed E-state index contributed by atoms with van der Waals surface area (Å²) in [7, 11) is 0. The van der Waals surface area contributed by atoms with Crippen LogP contribution in [0.2, 0.25) is 0 Å². The molecule has 5 heteroatoms. The summed E-state index contributed by atoms with van der Waals surface area (Å²) in [5.74, 6) is 0.397. The van der Waals surface area contributed by atoms with E-state index in [1.807, 2.05) is 30.3 Å². The highest BCUT2D eigenvalue weighted by Gasteiger charge is 2.51. The van der Waals surface area contributed by atoms with Gasteiger partial charge < -0.3 is 4.74 Å². The van der Waals surface area contributed by atoms with Gasteiger partial charge in [-0.05, 0) is 36.7 Å². The van der Waals surface area contributed by atoms with E-state index in [1.54, 1.807) is 4.90 Å². The van der Waals surface area contributed by atoms with Crippen LogP contribution < -0.4 is 0 Å². The molecular formula is C20H23NO4. The molecule has 0 unspecified atom stereocenters. The van der Waals surface area contributed by atoms with Crippen molar-refractivity contribution < 1.29 is 19.1 Å². The van der Waals surface area contributed by atoms with Crippen molar-refractivity contribution in [2.45, 2.75) is 44.8 Å². The Balaban J connectivity index is 1.52. The number of Topliss-reactive ketones (excluding diaryl/α,β-unsaturated/α-hetero) is 2. The Bertz CT molecular complexity index is 686. The van der Waals surface area contributed by atoms with Gasteiger partial charge in [-0.1, -0.05) is 30.3 Å². The Morgan fingerprint density at radius 1 is 1.16 bits per heavy atom. The lowest BCUT2D eigenvalue weighted by molar-refractivity contribution is -0.132. The van der Waals surface area contributed by atoms with Crippen LogP contribution in [0.15, 0.2) is 30.3 Å². The van der Waals surface area contributed by atoms with E-state index in [1.165, 1.54) is 0 Å². The molecule has 1 amide bonds. The molecular weight excluding hydrogens is 318 g/mol. The van der Waals surface area contributed by atoms with Crippen LogP contribution >= 0.6 is 0 Å². The highest BCUT2D eigenvalue weighted by molar-refractivity contribution is 5.92. The van der Waals surface area contributed by atoms with Gasteiger partial charge in [-0.3, -0.25) is 14.5 Å². The van der Waals surface area contributed by atoms with E-state index in [0.717, 1.165) is 24.8 Å². The Hall–Kier alpha value is -2.17. The molecule has 2 heterocycles. The first-order chi connectivity index (χ1) is 12.1. The van der Waals surface area contributed by atoms with E-state index in [-0.39, 0.29) is 35.9 Å². The summed E-state index contributed by atoms with van der Waals surface area (Å²) >= 11 is 0. The number of rotatable bonds is 2. The monoisotopic (exact) mass is 341 g/mol. The second-order valence-electron chi connectivity index (χ2n) is 7.54. The molecule has 0 aromatic heterocycles. The molecule has 132 valence electrons. The maximum absolute atomic E-state index is 12.7. The van der Waals surface area contributed by atoms with E-state index in [9.17, 15) is 14.4 Å². The average Bonchev–Trinajstić information content (AvgIpc) is 2.87. The Morgan fingerprint density at radius 2 is 1.96 bits per heavy atom. The highest BCUT2D eigenvalue weighted by atomic mass is 16.6. The quantitative estimate of drug-likeness (QED) is 0.829. The van der Waals surface area contributed by atoms with Crippen LogP contribution in [-0.4, -0.2) is 35.1 Å². The number of benzene rings is 1. The molecule has 4 fully saturated rings. The molecule has 2 aliphatic carbocycles. The first kappa shape index (κ1) is 16.3. The zero-order valence-electron chi connectivity index (χ0n) is 14.2. The second-order valence-corrected chi connectivity index (χ2v) is 7.54. The van der Waals surface area contributed by atoms with Crippen molar-refractivity contribution >= 4 is 17.7 Å². The number of hydrogen-bond acceptors (Lipinski definition) is 4. The lowest BCUT2D eigenvalue weighted by Crippen LogP contribution is -2.54. The summed E-state index contributed by atoms with van der Waals surface area (Å²) in [6.45, 7) is 0.735. The molecule has 5 rings (SSSR count). The van der Waals surface area contributed by atoms with Gasteiger partial charge in [-0.15, -0.1) is 0 Å². The zero-order valence-corrected chi connectivity index (χ0v) is 14.2. The summed E-state index contributed by atoms with van der Waals surface area (Å²) in [6.07, 6.45) is 3.10. The van der Waals surface area contributed by atoms with Crippen molar-refractivity contribution in [3.8, 4) is 0 Å². The average molecular weight is 341 g/mol. The van der Waals surface area contributed by atoms with Crippen LogP contribution in [0.25, 0.3) is 0 Å². The number of carbonyl (C=O) groups excluding carboxylic acids is 3. The van der Waals surface area contributed by atoms with Gasteiger partial charge in [0.2, 0.25) is 0 Å². The number of nitrogens with zero attached hydrogens (tertiary/aromatic N) is 1. The first-order valence-corrected chi connectivity index (χ1v) is 9.16. The number of fused-ring (bicyclic) bond motifs is 2. The topological polar surface area (TPSA) is 63.7 Å². The summed E-state index contributed by atoms with van der Waals surface area (Å²) in [4.78, 5) is 39.3. The van der Waals surface area contributed by atoms with Crippen molar-refractivity contribution in [1.29, 1.82) is 0 Å². The predicted molar refractivity (Wildman–Crippen MR) is 90.7 cm³/mol. The Labute approximate surface area is 147 Å². The molecule has 4 atom stereocenters. The van der Waals surface area contributed by atoms with Gasteiger partial charge in [0.1, 0.15) is 12.4 Å². The van der Waals surface area contributed by atoms with Crippen LogP contribution in [0.1, 0.15) is 37.7 Å². The smallest absolute Gasteiger partial charge is 0.410 e. The summed E-state index contributed by atoms with van der Waals surface area (Å²) in [5.41, 5.74) is 0.924. The fourth-order valence-corrected chi connectivity index (χ4v) is 4.83. The maximum Gasteiger partial charge on any atom is 0.410 e. The SMILES string of the molecule is O=C1CCC[C@@H]2[C@@H]1C[C@H]1CC(=O)[C@@H]2N(C(=O)OCc2ccccc2)C1. The van der Waals surface area contributed by atoms with Crippen molar-refractivity contribution in [3.05, 3.63) is 35.9 Å². The van der Waals surface area contributed by atoms with E-state index < -0.39 is 12.1 Å². The number of amides is 1. The molecule has 2 aliphatic heterocycles. The molecule has 1 aromatic carbocycles. The normalized spacial score (nSPS) is 31.4. The number of carbonyl (C=O) groups is 3. The third kappa shape index (κ3) is 3.08. The van der Waals surface area contributed by atoms with Gasteiger partial charge in [0, 0.05) is 25.3 Å². The van der Waals surface area contributed by atoms with Gasteiger partial charge in [-0.25, -0.2) is 4.79 Å². The van der Waals surface area contributed by atoms with Crippen molar-refractivity contribution in [3.63, 3.8) is 0 Å². The third-order valence-electron chi connectivity index (χ3n) is 5.93. The minimum atomic E-state index is -0.476. The van der Waals surface area contributed by atoms with E-state index >= 15 is 0 Å². The predicted octanol–water partition coefficient (Wildman–Crippen LogP) is 2.97. The van der Waals surface area contributed by atoms with Gasteiger partial charge in [0.15, 0.2) is 5.78 Å². The van der Waals surface area contributed by atoms with Gasteiger partial charge in [0.05, 0.1) is 6.04 Å². The molecule has 1 aromatic rings. The molecule has 2 saturated carbocycles. The van der Waals surface area contributed by atoms with Crippen LogP contribution in [-0.2, 0) is 20.9 Å². The van der Waals surface area contributed by atoms with Crippen LogP contribution in [0.5, 0.6) is 0 Å². The fraction of sp³-hybridized carbons (Fsp3) is 0.550. The summed E-state index contributed by atoms with van der Waals surface area (Å²) < 4.78 is 5.48. The fourth-order valence-electron chi connectivity index (χ4n) is 4.83. The van der Waals surface area contributed by atoms with Crippen molar-refractivity contribution in [2.24, 2.45) is 17.8 Å². The molecule has 0 N–H and O–H groups in total. The lowest BCUT2D eigenvalue weighted by atomic mass is 9.73. The number of piperidine rings is 1. The Morgan fingerprint density at radius 3 is 2.76 bits per heavy atom. The van der Waals surface area contributed by atoms with Gasteiger partial charge in [0.25, 0.3) is 0 Å². The standard InChI is InChI=1S/C20H23NO4/c22-17-8-4-7-15-16(17)9-14-10-18(23)19(15)21(11-14)20(24)25-12-13-5-2-1-3-6-13/h1-3,5-6,14-16,19H,4,7-12H2/t14-,15+,16-,19+/m0/s1. The van der Waals surface area contributed by atoms with Crippen molar-refractivity contribution in [2.75, 3.05) is 6.54 Å². The van der Waals surface area contributed by atoms with E-state index in [4.69, 9.17) is 4.74 Å². The van der Waals surface area contributed by atoms with Crippen molar-refractivity contribution in [1.82, 2.24) is 4.90 Å². The van der Waals surface area contributed by atoms with E-state index in [2.05, 4.69) is 0 Å². The summed E-state index contributed by atoms with van der Waals surface area (Å²) in [5, 5.41) is 0. The number of ether oxygens (including phenoxy) is 1. The molecule has 0 radical (unpaired) electrons. The van der Waals surface area contributed by atoms with E-state index in [0.29, 0.717) is 19.4 Å². The number of ketones is 2. The Kier molecular flexibility index (Phi) is 4.32. The minimum absolute atomic E-state index is 0.0227. The second kappa shape index (κ2) is 6.62. The molecule has 4 aliphatic rings.